The molecule has 10 heteroatoms. The maximum atomic E-state index is 12.8. The Morgan fingerprint density at radius 2 is 2.08 bits per heavy atom. The smallest absolute Gasteiger partial charge is 0.361 e. The number of aromatic nitrogens is 3. The number of carbonyl (C=O) groups excluding carboxylic acids is 1. The van der Waals surface area contributed by atoms with Gasteiger partial charge in [-0.25, -0.2) is 9.97 Å². The highest BCUT2D eigenvalue weighted by atomic mass is 19.4. The van der Waals surface area contributed by atoms with Gasteiger partial charge in [0.2, 0.25) is 11.9 Å². The molecule has 3 heterocycles. The van der Waals surface area contributed by atoms with Crippen molar-refractivity contribution in [3.8, 4) is 0 Å². The molecule has 0 unspecified atom stereocenters. The Labute approximate surface area is 147 Å². The van der Waals surface area contributed by atoms with E-state index in [0.717, 1.165) is 12.3 Å². The maximum Gasteiger partial charge on any atom is 0.433 e. The molecule has 2 aromatic heterocycles. The van der Waals surface area contributed by atoms with Gasteiger partial charge >= 0.3 is 6.18 Å². The van der Waals surface area contributed by atoms with Crippen LogP contribution < -0.4 is 4.90 Å². The van der Waals surface area contributed by atoms with E-state index in [0.29, 0.717) is 44.1 Å². The van der Waals surface area contributed by atoms with Crippen molar-refractivity contribution in [2.75, 3.05) is 31.1 Å². The summed E-state index contributed by atoms with van der Waals surface area (Å²) in [5.74, 6) is 0.419. The molecular weight excluding hydrogens is 351 g/mol. The van der Waals surface area contributed by atoms with Crippen molar-refractivity contribution in [1.82, 2.24) is 20.0 Å². The second kappa shape index (κ2) is 7.30. The van der Waals surface area contributed by atoms with Crippen LogP contribution in [0.1, 0.15) is 23.6 Å². The lowest BCUT2D eigenvalue weighted by Gasteiger charge is -2.22. The first-order chi connectivity index (χ1) is 12.3. The predicted molar refractivity (Wildman–Crippen MR) is 85.4 cm³/mol. The summed E-state index contributed by atoms with van der Waals surface area (Å²) in [6.07, 6.45) is -2.69. The lowest BCUT2D eigenvalue weighted by molar-refractivity contribution is -0.141. The first kappa shape index (κ1) is 18.2. The summed E-state index contributed by atoms with van der Waals surface area (Å²) in [7, 11) is 0. The Morgan fingerprint density at radius 1 is 1.27 bits per heavy atom. The number of alkyl halides is 3. The maximum absolute atomic E-state index is 12.8. The van der Waals surface area contributed by atoms with Crippen LogP contribution >= 0.6 is 0 Å². The predicted octanol–water partition coefficient (Wildman–Crippen LogP) is 2.07. The number of hydrogen-bond donors (Lipinski definition) is 0. The van der Waals surface area contributed by atoms with Gasteiger partial charge in [0.15, 0.2) is 0 Å². The summed E-state index contributed by atoms with van der Waals surface area (Å²) < 4.78 is 43.5. The molecule has 140 valence electrons. The van der Waals surface area contributed by atoms with Crippen LogP contribution in [-0.4, -0.2) is 52.1 Å². The Hall–Kier alpha value is -2.65. The molecule has 1 saturated heterocycles. The molecule has 0 saturated carbocycles. The third kappa shape index (κ3) is 4.30. The van der Waals surface area contributed by atoms with Crippen LogP contribution in [0.4, 0.5) is 19.1 Å². The molecule has 3 rings (SSSR count). The number of rotatable bonds is 3. The summed E-state index contributed by atoms with van der Waals surface area (Å²) in [5.41, 5.74) is -0.267. The Balaban J connectivity index is 1.64. The second-order valence-corrected chi connectivity index (χ2v) is 6.07. The minimum absolute atomic E-state index is 0.0278. The normalized spacial score (nSPS) is 15.8. The molecule has 0 radical (unpaired) electrons. The van der Waals surface area contributed by atoms with Crippen LogP contribution in [0.15, 0.2) is 22.9 Å². The number of hydrogen-bond acceptors (Lipinski definition) is 6. The summed E-state index contributed by atoms with van der Waals surface area (Å²) in [4.78, 5) is 23.3. The second-order valence-electron chi connectivity index (χ2n) is 6.07. The average Bonchev–Trinajstić information content (AvgIpc) is 2.85. The van der Waals surface area contributed by atoms with Gasteiger partial charge in [0.05, 0.1) is 12.1 Å². The third-order valence-corrected chi connectivity index (χ3v) is 4.07. The highest BCUT2D eigenvalue weighted by Crippen LogP contribution is 2.28. The van der Waals surface area contributed by atoms with Gasteiger partial charge in [-0.2, -0.15) is 13.2 Å². The van der Waals surface area contributed by atoms with E-state index in [9.17, 15) is 18.0 Å². The molecule has 0 atom stereocenters. The molecule has 0 aromatic carbocycles. The van der Waals surface area contributed by atoms with Gasteiger partial charge in [-0.1, -0.05) is 5.16 Å². The molecule has 1 fully saturated rings. The summed E-state index contributed by atoms with van der Waals surface area (Å²) in [6.45, 7) is 3.51. The van der Waals surface area contributed by atoms with Gasteiger partial charge in [-0.3, -0.25) is 4.79 Å². The molecule has 0 aliphatic carbocycles. The molecule has 0 N–H and O–H groups in total. The SMILES string of the molecule is Cc1cc(CC(=O)N2CCCN(c3nccc(C(F)(F)F)n3)CC2)on1. The standard InChI is InChI=1S/C16H18F3N5O2/c1-11-9-12(26-22-11)10-14(25)23-5-2-6-24(8-7-23)15-20-4-3-13(21-15)16(17,18)19/h3-4,9H,2,5-8,10H2,1H3. The van der Waals surface area contributed by atoms with E-state index in [1.54, 1.807) is 22.8 Å². The molecule has 0 spiro atoms. The molecule has 0 bridgehead atoms. The zero-order valence-electron chi connectivity index (χ0n) is 14.2. The monoisotopic (exact) mass is 369 g/mol. The van der Waals surface area contributed by atoms with Crippen LogP contribution in [0.3, 0.4) is 0 Å². The molecule has 1 amide bonds. The van der Waals surface area contributed by atoms with E-state index in [1.165, 1.54) is 0 Å². The van der Waals surface area contributed by atoms with Gasteiger partial charge in [-0.15, -0.1) is 0 Å². The van der Waals surface area contributed by atoms with E-state index in [1.807, 2.05) is 0 Å². The van der Waals surface area contributed by atoms with Gasteiger partial charge < -0.3 is 14.3 Å². The van der Waals surface area contributed by atoms with Crippen LogP contribution in [0, 0.1) is 6.92 Å². The van der Waals surface area contributed by atoms with Crippen LogP contribution in [-0.2, 0) is 17.4 Å². The Morgan fingerprint density at radius 3 is 2.77 bits per heavy atom. The van der Waals surface area contributed by atoms with Crippen LogP contribution in [0.5, 0.6) is 0 Å². The van der Waals surface area contributed by atoms with E-state index < -0.39 is 11.9 Å². The van der Waals surface area contributed by atoms with Gasteiger partial charge in [-0.05, 0) is 19.4 Å². The first-order valence-electron chi connectivity index (χ1n) is 8.18. The number of halogens is 3. The van der Waals surface area contributed by atoms with E-state index in [4.69, 9.17) is 4.52 Å². The van der Waals surface area contributed by atoms with Crippen LogP contribution in [0.2, 0.25) is 0 Å². The lowest BCUT2D eigenvalue weighted by atomic mass is 10.2. The van der Waals surface area contributed by atoms with Crippen molar-refractivity contribution in [1.29, 1.82) is 0 Å². The number of anilines is 1. The van der Waals surface area contributed by atoms with E-state index >= 15 is 0 Å². The van der Waals surface area contributed by atoms with Gasteiger partial charge in [0.1, 0.15) is 11.5 Å². The highest BCUT2D eigenvalue weighted by Gasteiger charge is 2.33. The number of carbonyl (C=O) groups is 1. The molecule has 7 nitrogen and oxygen atoms in total. The van der Waals surface area contributed by atoms with E-state index in [-0.39, 0.29) is 18.3 Å². The zero-order valence-corrected chi connectivity index (χ0v) is 14.2. The fourth-order valence-corrected chi connectivity index (χ4v) is 2.79. The fraction of sp³-hybridized carbons (Fsp3) is 0.500. The molecule has 2 aromatic rings. The average molecular weight is 369 g/mol. The quantitative estimate of drug-likeness (QED) is 0.825. The van der Waals surface area contributed by atoms with Crippen molar-refractivity contribution in [2.45, 2.75) is 25.9 Å². The number of nitrogens with zero attached hydrogens (tertiary/aromatic N) is 5. The molecular formula is C16H18F3N5O2. The fourth-order valence-electron chi connectivity index (χ4n) is 2.79. The van der Waals surface area contributed by atoms with Crippen molar-refractivity contribution in [2.24, 2.45) is 0 Å². The molecule has 26 heavy (non-hydrogen) atoms. The van der Waals surface area contributed by atoms with Gasteiger partial charge in [0, 0.05) is 38.4 Å². The third-order valence-electron chi connectivity index (χ3n) is 4.07. The number of aryl methyl sites for hydroxylation is 1. The summed E-state index contributed by atoms with van der Waals surface area (Å²) in [5, 5.41) is 3.75. The molecule has 1 aliphatic heterocycles. The summed E-state index contributed by atoms with van der Waals surface area (Å²) >= 11 is 0. The Kier molecular flexibility index (Phi) is 5.10. The summed E-state index contributed by atoms with van der Waals surface area (Å²) in [6, 6.07) is 2.55. The highest BCUT2D eigenvalue weighted by molar-refractivity contribution is 5.78. The van der Waals surface area contributed by atoms with Crippen LogP contribution in [0.25, 0.3) is 0 Å². The van der Waals surface area contributed by atoms with E-state index in [2.05, 4.69) is 15.1 Å². The minimum Gasteiger partial charge on any atom is -0.361 e. The zero-order chi connectivity index (χ0) is 18.7. The van der Waals surface area contributed by atoms with Crippen molar-refractivity contribution >= 4 is 11.9 Å². The Bertz CT molecular complexity index is 777. The number of amides is 1. The molecule has 1 aliphatic rings. The van der Waals surface area contributed by atoms with Crippen molar-refractivity contribution in [3.63, 3.8) is 0 Å². The first-order valence-corrected chi connectivity index (χ1v) is 8.18. The lowest BCUT2D eigenvalue weighted by Crippen LogP contribution is -2.36. The largest absolute Gasteiger partial charge is 0.433 e. The minimum atomic E-state index is -4.51. The topological polar surface area (TPSA) is 75.4 Å². The van der Waals surface area contributed by atoms with Crippen molar-refractivity contribution in [3.05, 3.63) is 35.5 Å². The van der Waals surface area contributed by atoms with Gasteiger partial charge in [0.25, 0.3) is 0 Å². The van der Waals surface area contributed by atoms with Crippen molar-refractivity contribution < 1.29 is 22.5 Å².